The average molecular weight is 247 g/mol. The van der Waals surface area contributed by atoms with Crippen molar-refractivity contribution in [3.8, 4) is 0 Å². The molecule has 1 heterocycles. The number of pyridine rings is 1. The summed E-state index contributed by atoms with van der Waals surface area (Å²) in [6.07, 6.45) is 5.53. The number of nitrogens with zero attached hydrogens (tertiary/aromatic N) is 1. The quantitative estimate of drug-likeness (QED) is 0.863. The molecular weight excluding hydrogens is 222 g/mol. The van der Waals surface area contributed by atoms with Crippen LogP contribution in [0.3, 0.4) is 0 Å². The molecule has 3 heteroatoms. The van der Waals surface area contributed by atoms with Gasteiger partial charge < -0.3 is 11.1 Å². The Morgan fingerprint density at radius 2 is 2.11 bits per heavy atom. The van der Waals surface area contributed by atoms with Crippen LogP contribution in [0, 0.1) is 5.92 Å². The highest BCUT2D eigenvalue weighted by atomic mass is 15.0. The lowest BCUT2D eigenvalue weighted by molar-refractivity contribution is 0.564. The van der Waals surface area contributed by atoms with Crippen LogP contribution in [-0.4, -0.2) is 17.6 Å². The maximum atomic E-state index is 5.92. The van der Waals surface area contributed by atoms with Gasteiger partial charge in [-0.1, -0.05) is 26.8 Å². The van der Waals surface area contributed by atoms with Gasteiger partial charge in [-0.3, -0.25) is 0 Å². The number of anilines is 1. The molecule has 0 radical (unpaired) electrons. The highest BCUT2D eigenvalue weighted by Crippen LogP contribution is 2.25. The van der Waals surface area contributed by atoms with Crippen molar-refractivity contribution in [1.29, 1.82) is 0 Å². The van der Waals surface area contributed by atoms with Crippen molar-refractivity contribution < 1.29 is 0 Å². The minimum absolute atomic E-state index is 0.170. The molecular formula is C15H25N3. The third-order valence-electron chi connectivity index (χ3n) is 3.78. The van der Waals surface area contributed by atoms with Crippen molar-refractivity contribution in [1.82, 2.24) is 4.98 Å². The van der Waals surface area contributed by atoms with E-state index in [0.29, 0.717) is 12.0 Å². The lowest BCUT2D eigenvalue weighted by Gasteiger charge is -2.19. The monoisotopic (exact) mass is 247 g/mol. The lowest BCUT2D eigenvalue weighted by Crippen LogP contribution is -2.18. The summed E-state index contributed by atoms with van der Waals surface area (Å²) in [5.74, 6) is 1.69. The third kappa shape index (κ3) is 3.45. The first-order valence-electron chi connectivity index (χ1n) is 6.91. The van der Waals surface area contributed by atoms with Crippen molar-refractivity contribution in [2.75, 3.05) is 11.9 Å². The molecule has 1 aliphatic rings. The predicted molar refractivity (Wildman–Crippen MR) is 76.7 cm³/mol. The van der Waals surface area contributed by atoms with Gasteiger partial charge >= 0.3 is 0 Å². The first-order chi connectivity index (χ1) is 8.45. The first kappa shape index (κ1) is 13.3. The van der Waals surface area contributed by atoms with Crippen molar-refractivity contribution in [2.45, 2.75) is 51.5 Å². The van der Waals surface area contributed by atoms with Crippen LogP contribution in [0.15, 0.2) is 18.3 Å². The fraction of sp³-hybridized carbons (Fsp3) is 0.667. The van der Waals surface area contributed by atoms with Gasteiger partial charge in [0.1, 0.15) is 5.82 Å². The average Bonchev–Trinajstić information content (AvgIpc) is 2.72. The maximum Gasteiger partial charge on any atom is 0.125 e. The second-order valence-corrected chi connectivity index (χ2v) is 6.50. The number of hydrogen-bond donors (Lipinski definition) is 2. The molecule has 1 aromatic rings. The van der Waals surface area contributed by atoms with E-state index in [-0.39, 0.29) is 5.41 Å². The molecule has 2 unspecified atom stereocenters. The third-order valence-corrected chi connectivity index (χ3v) is 3.78. The van der Waals surface area contributed by atoms with E-state index in [2.05, 4.69) is 43.2 Å². The van der Waals surface area contributed by atoms with Gasteiger partial charge in [-0.05, 0) is 42.2 Å². The molecule has 0 bridgehead atoms. The van der Waals surface area contributed by atoms with Crippen molar-refractivity contribution >= 4 is 5.82 Å². The van der Waals surface area contributed by atoms with Crippen molar-refractivity contribution in [3.63, 3.8) is 0 Å². The van der Waals surface area contributed by atoms with E-state index in [1.165, 1.54) is 18.4 Å². The Labute approximate surface area is 110 Å². The number of nitrogens with two attached hydrogens (primary N) is 1. The van der Waals surface area contributed by atoms with Crippen LogP contribution in [0.1, 0.15) is 45.6 Å². The lowest BCUT2D eigenvalue weighted by atomic mass is 9.88. The Morgan fingerprint density at radius 3 is 2.61 bits per heavy atom. The Hall–Kier alpha value is -1.09. The Kier molecular flexibility index (Phi) is 3.91. The highest BCUT2D eigenvalue weighted by molar-refractivity contribution is 5.37. The molecule has 0 saturated heterocycles. The molecule has 1 aliphatic carbocycles. The predicted octanol–water partition coefficient (Wildman–Crippen LogP) is 2.92. The van der Waals surface area contributed by atoms with E-state index in [1.807, 2.05) is 6.20 Å². The van der Waals surface area contributed by atoms with E-state index in [0.717, 1.165) is 18.8 Å². The molecule has 1 aromatic heterocycles. The van der Waals surface area contributed by atoms with Gasteiger partial charge in [0.2, 0.25) is 0 Å². The van der Waals surface area contributed by atoms with E-state index in [1.54, 1.807) is 0 Å². The van der Waals surface area contributed by atoms with E-state index >= 15 is 0 Å². The van der Waals surface area contributed by atoms with Gasteiger partial charge in [0, 0.05) is 18.8 Å². The van der Waals surface area contributed by atoms with Crippen LogP contribution in [0.4, 0.5) is 5.82 Å². The molecule has 0 amide bonds. The van der Waals surface area contributed by atoms with Crippen LogP contribution < -0.4 is 11.1 Å². The Morgan fingerprint density at radius 1 is 1.33 bits per heavy atom. The second kappa shape index (κ2) is 5.27. The van der Waals surface area contributed by atoms with Gasteiger partial charge in [0.15, 0.2) is 0 Å². The van der Waals surface area contributed by atoms with Crippen molar-refractivity contribution in [3.05, 3.63) is 23.9 Å². The molecule has 2 rings (SSSR count). The largest absolute Gasteiger partial charge is 0.370 e. The maximum absolute atomic E-state index is 5.92. The van der Waals surface area contributed by atoms with E-state index in [9.17, 15) is 0 Å². The van der Waals surface area contributed by atoms with Gasteiger partial charge in [-0.25, -0.2) is 4.98 Å². The highest BCUT2D eigenvalue weighted by Gasteiger charge is 2.21. The minimum atomic E-state index is 0.170. The van der Waals surface area contributed by atoms with Crippen molar-refractivity contribution in [2.24, 2.45) is 11.7 Å². The van der Waals surface area contributed by atoms with Gasteiger partial charge in [0.25, 0.3) is 0 Å². The fourth-order valence-corrected chi connectivity index (χ4v) is 2.49. The number of aromatic nitrogens is 1. The number of nitrogens with one attached hydrogen (secondary N) is 1. The van der Waals surface area contributed by atoms with Gasteiger partial charge in [-0.15, -0.1) is 0 Å². The van der Waals surface area contributed by atoms with Crippen LogP contribution in [-0.2, 0) is 5.41 Å². The van der Waals surface area contributed by atoms with Crippen LogP contribution in [0.2, 0.25) is 0 Å². The molecule has 2 atom stereocenters. The molecule has 18 heavy (non-hydrogen) atoms. The first-order valence-corrected chi connectivity index (χ1v) is 6.91. The van der Waals surface area contributed by atoms with Crippen LogP contribution >= 0.6 is 0 Å². The summed E-state index contributed by atoms with van der Waals surface area (Å²) in [4.78, 5) is 4.48. The molecule has 0 spiro atoms. The summed E-state index contributed by atoms with van der Waals surface area (Å²) < 4.78 is 0. The molecule has 1 fully saturated rings. The molecule has 3 nitrogen and oxygen atoms in total. The zero-order valence-electron chi connectivity index (χ0n) is 11.7. The molecule has 3 N–H and O–H groups in total. The number of hydrogen-bond acceptors (Lipinski definition) is 3. The van der Waals surface area contributed by atoms with E-state index in [4.69, 9.17) is 5.73 Å². The Balaban J connectivity index is 1.87. The summed E-state index contributed by atoms with van der Waals surface area (Å²) in [5, 5.41) is 3.42. The summed E-state index contributed by atoms with van der Waals surface area (Å²) in [5.41, 5.74) is 7.36. The summed E-state index contributed by atoms with van der Waals surface area (Å²) in [6.45, 7) is 7.61. The number of rotatable bonds is 3. The zero-order valence-corrected chi connectivity index (χ0v) is 11.7. The molecule has 0 aliphatic heterocycles. The van der Waals surface area contributed by atoms with Gasteiger partial charge in [0.05, 0.1) is 0 Å². The SMILES string of the molecule is CC(C)(C)c1ccc(NCC2CCC(N)C2)nc1. The standard InChI is InChI=1S/C15H25N3/c1-15(2,3)12-5-7-14(18-10-12)17-9-11-4-6-13(16)8-11/h5,7,10-11,13H,4,6,8-9,16H2,1-3H3,(H,17,18). The summed E-state index contributed by atoms with van der Waals surface area (Å²) in [7, 11) is 0. The molecule has 100 valence electrons. The normalized spacial score (nSPS) is 24.2. The summed E-state index contributed by atoms with van der Waals surface area (Å²) in [6, 6.07) is 4.65. The molecule has 1 saturated carbocycles. The Bertz CT molecular complexity index is 378. The smallest absolute Gasteiger partial charge is 0.125 e. The van der Waals surface area contributed by atoms with E-state index < -0.39 is 0 Å². The summed E-state index contributed by atoms with van der Waals surface area (Å²) >= 11 is 0. The minimum Gasteiger partial charge on any atom is -0.370 e. The fourth-order valence-electron chi connectivity index (χ4n) is 2.49. The zero-order chi connectivity index (χ0) is 13.2. The van der Waals surface area contributed by atoms with Crippen LogP contribution in [0.5, 0.6) is 0 Å². The van der Waals surface area contributed by atoms with Gasteiger partial charge in [-0.2, -0.15) is 0 Å². The second-order valence-electron chi connectivity index (χ2n) is 6.50. The van der Waals surface area contributed by atoms with Crippen LogP contribution in [0.25, 0.3) is 0 Å². The molecule has 0 aromatic carbocycles. The topological polar surface area (TPSA) is 50.9 Å².